The van der Waals surface area contributed by atoms with Crippen molar-refractivity contribution in [1.82, 2.24) is 4.90 Å². The second kappa shape index (κ2) is 6.27. The van der Waals surface area contributed by atoms with E-state index in [1.807, 2.05) is 0 Å². The average Bonchev–Trinajstić information content (AvgIpc) is 2.54. The molecule has 0 aromatic heterocycles. The maximum Gasteiger partial charge on any atom is 0.342 e. The van der Waals surface area contributed by atoms with Crippen LogP contribution in [-0.4, -0.2) is 30.2 Å². The number of hydrogen-bond donors (Lipinski definition) is 0. The van der Waals surface area contributed by atoms with E-state index in [-0.39, 0.29) is 30.2 Å². The molecule has 1 nitrogen and oxygen atoms in total. The third kappa shape index (κ3) is 3.61. The van der Waals surface area contributed by atoms with Gasteiger partial charge in [0.05, 0.1) is 0 Å². The van der Waals surface area contributed by atoms with Crippen molar-refractivity contribution in [1.29, 1.82) is 0 Å². The SMILES string of the molecule is C=C(F)C(F)C(F)(F)N1CCCC1.Cl.F. The van der Waals surface area contributed by atoms with Crippen molar-refractivity contribution < 1.29 is 22.3 Å². The molecule has 0 aliphatic carbocycles. The number of halogens is 6. The highest BCUT2D eigenvalue weighted by atomic mass is 35.5. The van der Waals surface area contributed by atoms with Crippen LogP contribution in [0, 0.1) is 0 Å². The molecule has 0 spiro atoms. The summed E-state index contributed by atoms with van der Waals surface area (Å²) in [7, 11) is 0. The van der Waals surface area contributed by atoms with Gasteiger partial charge in [0.2, 0.25) is 6.17 Å². The van der Waals surface area contributed by atoms with Crippen molar-refractivity contribution in [2.24, 2.45) is 0 Å². The maximum atomic E-state index is 13.0. The van der Waals surface area contributed by atoms with E-state index >= 15 is 0 Å². The molecule has 1 aliphatic rings. The lowest BCUT2D eigenvalue weighted by Crippen LogP contribution is -2.47. The van der Waals surface area contributed by atoms with Gasteiger partial charge in [0.15, 0.2) is 0 Å². The van der Waals surface area contributed by atoms with Crippen LogP contribution in [0.5, 0.6) is 0 Å². The third-order valence-corrected chi connectivity index (χ3v) is 2.11. The lowest BCUT2D eigenvalue weighted by molar-refractivity contribution is -0.177. The second-order valence-corrected chi connectivity index (χ2v) is 3.09. The maximum absolute atomic E-state index is 13.0. The summed E-state index contributed by atoms with van der Waals surface area (Å²) in [5, 5.41) is 0. The van der Waals surface area contributed by atoms with Crippen LogP contribution < -0.4 is 0 Å². The summed E-state index contributed by atoms with van der Waals surface area (Å²) in [5.74, 6) is -1.61. The van der Waals surface area contributed by atoms with Gasteiger partial charge in [-0.3, -0.25) is 4.70 Å². The van der Waals surface area contributed by atoms with E-state index in [9.17, 15) is 17.6 Å². The Balaban J connectivity index is 0. The number of alkyl halides is 3. The van der Waals surface area contributed by atoms with Crippen LogP contribution in [-0.2, 0) is 0 Å². The summed E-state index contributed by atoms with van der Waals surface area (Å²) in [6, 6.07) is -3.75. The lowest BCUT2D eigenvalue weighted by Gasteiger charge is -2.28. The Kier molecular flexibility index (Phi) is 7.13. The van der Waals surface area contributed by atoms with Crippen LogP contribution in [0.4, 0.5) is 22.3 Å². The van der Waals surface area contributed by atoms with Gasteiger partial charge in [-0.1, -0.05) is 6.58 Å². The highest BCUT2D eigenvalue weighted by Crippen LogP contribution is 2.33. The molecule has 0 radical (unpaired) electrons. The highest BCUT2D eigenvalue weighted by molar-refractivity contribution is 5.85. The summed E-state index contributed by atoms with van der Waals surface area (Å²) >= 11 is 0. The van der Waals surface area contributed by atoms with Crippen molar-refractivity contribution in [2.45, 2.75) is 25.1 Å². The van der Waals surface area contributed by atoms with Crippen LogP contribution in [0.2, 0.25) is 0 Å². The topological polar surface area (TPSA) is 3.24 Å². The molecular weight excluding hydrogens is 241 g/mol. The first-order chi connectivity index (χ1) is 5.96. The van der Waals surface area contributed by atoms with Gasteiger partial charge in [0, 0.05) is 13.1 Å². The molecule has 1 atom stereocenters. The Morgan fingerprint density at radius 3 is 2.00 bits per heavy atom. The first-order valence-electron chi connectivity index (χ1n) is 4.07. The molecule has 1 unspecified atom stereocenters. The second-order valence-electron chi connectivity index (χ2n) is 3.09. The van der Waals surface area contributed by atoms with E-state index in [1.54, 1.807) is 0 Å². The van der Waals surface area contributed by atoms with Crippen LogP contribution >= 0.6 is 12.4 Å². The van der Waals surface area contributed by atoms with Crippen molar-refractivity contribution in [3.63, 3.8) is 0 Å². The summed E-state index contributed by atoms with van der Waals surface area (Å²) in [6.45, 7) is 2.77. The van der Waals surface area contributed by atoms with Crippen molar-refractivity contribution in [3.8, 4) is 0 Å². The Labute approximate surface area is 90.9 Å². The molecule has 0 aromatic rings. The van der Waals surface area contributed by atoms with E-state index in [2.05, 4.69) is 6.58 Å². The van der Waals surface area contributed by atoms with Crippen LogP contribution in [0.1, 0.15) is 12.8 Å². The summed E-state index contributed by atoms with van der Waals surface area (Å²) in [4.78, 5) is 0.655. The van der Waals surface area contributed by atoms with Crippen LogP contribution in [0.15, 0.2) is 12.4 Å². The molecule has 15 heavy (non-hydrogen) atoms. The number of likely N-dealkylation sites (tertiary alicyclic amines) is 1. The van der Waals surface area contributed by atoms with E-state index in [4.69, 9.17) is 0 Å². The Bertz CT molecular complexity index is 205. The largest absolute Gasteiger partial charge is 0.342 e. The minimum atomic E-state index is -3.75. The first kappa shape index (κ1) is 17.0. The monoisotopic (exact) mass is 253 g/mol. The van der Waals surface area contributed by atoms with Gasteiger partial charge in [0.25, 0.3) is 0 Å². The van der Waals surface area contributed by atoms with Gasteiger partial charge in [-0.2, -0.15) is 8.78 Å². The van der Waals surface area contributed by atoms with Crippen LogP contribution in [0.25, 0.3) is 0 Å². The summed E-state index contributed by atoms with van der Waals surface area (Å²) in [6.07, 6.45) is -1.71. The molecule has 0 bridgehead atoms. The molecule has 7 heteroatoms. The number of nitrogens with zero attached hydrogens (tertiary/aromatic N) is 1. The van der Waals surface area contributed by atoms with Crippen molar-refractivity contribution in [3.05, 3.63) is 12.4 Å². The average molecular weight is 254 g/mol. The molecule has 0 amide bonds. The molecule has 0 saturated carbocycles. The fraction of sp³-hybridized carbons (Fsp3) is 0.750. The number of hydrogen-bond acceptors (Lipinski definition) is 1. The molecule has 1 saturated heterocycles. The fourth-order valence-corrected chi connectivity index (χ4v) is 1.36. The Hall–Kier alpha value is -0.360. The highest BCUT2D eigenvalue weighted by Gasteiger charge is 2.48. The van der Waals surface area contributed by atoms with Gasteiger partial charge in [-0.05, 0) is 12.8 Å². The Morgan fingerprint density at radius 2 is 1.67 bits per heavy atom. The molecule has 92 valence electrons. The molecule has 1 aliphatic heterocycles. The van der Waals surface area contributed by atoms with Gasteiger partial charge < -0.3 is 0 Å². The lowest BCUT2D eigenvalue weighted by atomic mass is 10.3. The van der Waals surface area contributed by atoms with Gasteiger partial charge in [-0.25, -0.2) is 13.7 Å². The zero-order chi connectivity index (χ0) is 10.1. The van der Waals surface area contributed by atoms with Crippen LogP contribution in [0.3, 0.4) is 0 Å². The van der Waals surface area contributed by atoms with Gasteiger partial charge in [-0.15, -0.1) is 12.4 Å². The molecule has 1 heterocycles. The molecule has 0 N–H and O–H groups in total. The minimum absolute atomic E-state index is 0. The predicted octanol–water partition coefficient (Wildman–Crippen LogP) is 3.07. The minimum Gasteiger partial charge on any atom is -0.269 e. The first-order valence-corrected chi connectivity index (χ1v) is 4.07. The third-order valence-electron chi connectivity index (χ3n) is 2.11. The summed E-state index contributed by atoms with van der Waals surface area (Å²) < 4.78 is 50.9. The molecule has 0 aromatic carbocycles. The van der Waals surface area contributed by atoms with Crippen molar-refractivity contribution in [2.75, 3.05) is 13.1 Å². The predicted molar refractivity (Wildman–Crippen MR) is 50.6 cm³/mol. The quantitative estimate of drug-likeness (QED) is 0.552. The van der Waals surface area contributed by atoms with E-state index in [0.717, 1.165) is 0 Å². The Morgan fingerprint density at radius 1 is 1.27 bits per heavy atom. The standard InChI is InChI=1S/C8H11F4N.ClH.FH/c1-6(9)7(10)8(11,12)13-4-2-3-5-13;;/h7H,1-5H2;2*1H. The van der Waals surface area contributed by atoms with Crippen molar-refractivity contribution >= 4 is 12.4 Å². The van der Waals surface area contributed by atoms with E-state index in [0.29, 0.717) is 17.7 Å². The molecular formula is C8H13ClF5N. The summed E-state index contributed by atoms with van der Waals surface area (Å²) in [5.41, 5.74) is 0. The number of rotatable bonds is 3. The zero-order valence-electron chi connectivity index (χ0n) is 7.89. The van der Waals surface area contributed by atoms with E-state index in [1.165, 1.54) is 0 Å². The molecule has 1 rings (SSSR count). The zero-order valence-corrected chi connectivity index (χ0v) is 8.70. The normalized spacial score (nSPS) is 18.9. The van der Waals surface area contributed by atoms with Gasteiger partial charge in [0.1, 0.15) is 5.83 Å². The molecule has 1 fully saturated rings. The van der Waals surface area contributed by atoms with E-state index < -0.39 is 18.0 Å². The van der Waals surface area contributed by atoms with Gasteiger partial charge >= 0.3 is 6.05 Å². The fourth-order valence-electron chi connectivity index (χ4n) is 1.36. The smallest absolute Gasteiger partial charge is 0.269 e.